The summed E-state index contributed by atoms with van der Waals surface area (Å²) in [7, 11) is 1.56. The highest BCUT2D eigenvalue weighted by molar-refractivity contribution is 7.99. The fourth-order valence-corrected chi connectivity index (χ4v) is 3.88. The zero-order valence-electron chi connectivity index (χ0n) is 15.2. The molecule has 1 unspecified atom stereocenters. The number of thioether (sulfide) groups is 1. The van der Waals surface area contributed by atoms with Crippen LogP contribution in [0.1, 0.15) is 18.1 Å². The van der Waals surface area contributed by atoms with E-state index in [0.717, 1.165) is 16.9 Å². The summed E-state index contributed by atoms with van der Waals surface area (Å²) in [5.74, 6) is 0.678. The molecule has 0 radical (unpaired) electrons. The molecule has 0 aromatic heterocycles. The van der Waals surface area contributed by atoms with Crippen LogP contribution in [0.4, 0.5) is 0 Å². The van der Waals surface area contributed by atoms with E-state index >= 15 is 0 Å². The molecule has 2 aromatic carbocycles. The Morgan fingerprint density at radius 3 is 2.48 bits per heavy atom. The van der Waals surface area contributed by atoms with Gasteiger partial charge >= 0.3 is 0 Å². The van der Waals surface area contributed by atoms with Crippen LogP contribution in [0.15, 0.2) is 48.5 Å². The Morgan fingerprint density at radius 2 is 1.85 bits per heavy atom. The molecule has 0 fully saturated rings. The molecule has 4 nitrogen and oxygen atoms in total. The summed E-state index contributed by atoms with van der Waals surface area (Å²) in [6.07, 6.45) is 0. The van der Waals surface area contributed by atoms with Crippen LogP contribution in [0.5, 0.6) is 0 Å². The average molecular weight is 425 g/mol. The quantitative estimate of drug-likeness (QED) is 0.683. The maximum Gasteiger partial charge on any atom is 0.242 e. The third kappa shape index (κ3) is 6.45. The van der Waals surface area contributed by atoms with Gasteiger partial charge in [0.15, 0.2) is 0 Å². The van der Waals surface area contributed by atoms with Crippen LogP contribution in [0.3, 0.4) is 0 Å². The molecule has 0 spiro atoms. The van der Waals surface area contributed by atoms with Gasteiger partial charge in [-0.15, -0.1) is 11.8 Å². The predicted octanol–water partition coefficient (Wildman–Crippen LogP) is 4.39. The second-order valence-electron chi connectivity index (χ2n) is 6.03. The van der Waals surface area contributed by atoms with Crippen molar-refractivity contribution in [3.63, 3.8) is 0 Å². The smallest absolute Gasteiger partial charge is 0.242 e. The van der Waals surface area contributed by atoms with Crippen LogP contribution >= 0.6 is 35.0 Å². The molecule has 2 aromatic rings. The Morgan fingerprint density at radius 1 is 1.15 bits per heavy atom. The minimum absolute atomic E-state index is 0.113. The molecule has 0 bridgehead atoms. The number of nitrogens with one attached hydrogen (secondary N) is 1. The summed E-state index contributed by atoms with van der Waals surface area (Å²) in [6, 6.07) is 14.5. The molecule has 144 valence electrons. The first kappa shape index (κ1) is 21.6. The molecule has 2 amide bonds. The molecular formula is C20H22Cl2N2O2S. The lowest BCUT2D eigenvalue weighted by Gasteiger charge is -2.28. The largest absolute Gasteiger partial charge is 0.357 e. The number of likely N-dealkylation sites (N-methyl/N-ethyl adjacent to an activating group) is 1. The first-order chi connectivity index (χ1) is 12.9. The monoisotopic (exact) mass is 424 g/mol. The molecule has 0 aliphatic heterocycles. The molecule has 27 heavy (non-hydrogen) atoms. The molecule has 0 aliphatic carbocycles. The summed E-state index contributed by atoms with van der Waals surface area (Å²) in [6.45, 7) is 1.96. The van der Waals surface area contributed by atoms with Gasteiger partial charge in [0.2, 0.25) is 11.8 Å². The summed E-state index contributed by atoms with van der Waals surface area (Å²) in [4.78, 5) is 26.5. The van der Waals surface area contributed by atoms with Crippen LogP contribution in [-0.4, -0.2) is 35.6 Å². The Kier molecular flexibility index (Phi) is 8.48. The number of amides is 2. The number of benzene rings is 2. The van der Waals surface area contributed by atoms with E-state index in [1.54, 1.807) is 37.1 Å². The zero-order chi connectivity index (χ0) is 19.8. The van der Waals surface area contributed by atoms with Crippen LogP contribution in [0.25, 0.3) is 0 Å². The summed E-state index contributed by atoms with van der Waals surface area (Å²) in [5.41, 5.74) is 1.90. The van der Waals surface area contributed by atoms with Crippen LogP contribution < -0.4 is 5.32 Å². The molecule has 0 aliphatic rings. The van der Waals surface area contributed by atoms with E-state index in [0.29, 0.717) is 10.0 Å². The third-order valence-electron chi connectivity index (χ3n) is 4.11. The predicted molar refractivity (Wildman–Crippen MR) is 113 cm³/mol. The number of carbonyl (C=O) groups is 2. The van der Waals surface area contributed by atoms with E-state index in [4.69, 9.17) is 23.2 Å². The number of hydrogen-bond acceptors (Lipinski definition) is 3. The molecule has 2 rings (SSSR count). The minimum atomic E-state index is -0.605. The van der Waals surface area contributed by atoms with Crippen LogP contribution in [-0.2, 0) is 21.9 Å². The van der Waals surface area contributed by atoms with E-state index < -0.39 is 6.04 Å². The van der Waals surface area contributed by atoms with Crippen molar-refractivity contribution in [1.82, 2.24) is 10.2 Å². The number of nitrogens with zero attached hydrogens (tertiary/aromatic N) is 1. The molecule has 0 saturated carbocycles. The van der Waals surface area contributed by atoms with Crippen molar-refractivity contribution in [3.8, 4) is 0 Å². The Labute approximate surface area is 174 Å². The number of carbonyl (C=O) groups excluding carboxylic acids is 2. The molecular weight excluding hydrogens is 403 g/mol. The van der Waals surface area contributed by atoms with Crippen LogP contribution in [0.2, 0.25) is 10.0 Å². The maximum absolute atomic E-state index is 12.8. The van der Waals surface area contributed by atoms with Crippen molar-refractivity contribution in [3.05, 3.63) is 69.7 Å². The molecule has 7 heteroatoms. The second kappa shape index (κ2) is 10.6. The Bertz CT molecular complexity index is 787. The minimum Gasteiger partial charge on any atom is -0.357 e. The first-order valence-electron chi connectivity index (χ1n) is 8.49. The van der Waals surface area contributed by atoms with E-state index in [1.807, 2.05) is 30.3 Å². The zero-order valence-corrected chi connectivity index (χ0v) is 17.6. The van der Waals surface area contributed by atoms with Gasteiger partial charge < -0.3 is 10.2 Å². The van der Waals surface area contributed by atoms with Gasteiger partial charge in [0.1, 0.15) is 6.04 Å². The van der Waals surface area contributed by atoms with Crippen molar-refractivity contribution in [2.45, 2.75) is 25.3 Å². The topological polar surface area (TPSA) is 49.4 Å². The highest BCUT2D eigenvalue weighted by atomic mass is 35.5. The van der Waals surface area contributed by atoms with Gasteiger partial charge in [-0.2, -0.15) is 0 Å². The fourth-order valence-electron chi connectivity index (χ4n) is 2.54. The van der Waals surface area contributed by atoms with Crippen molar-refractivity contribution in [1.29, 1.82) is 0 Å². The standard InChI is InChI=1S/C20H22Cl2N2O2S/c1-14(20(26)23-2)24(11-16-8-9-17(21)10-18(16)22)19(25)13-27-12-15-6-4-3-5-7-15/h3-10,14H,11-13H2,1-2H3,(H,23,26). The SMILES string of the molecule is CNC(=O)C(C)N(Cc1ccc(Cl)cc1Cl)C(=O)CSCc1ccccc1. The lowest BCUT2D eigenvalue weighted by molar-refractivity contribution is -0.138. The lowest BCUT2D eigenvalue weighted by atomic mass is 10.1. The van der Waals surface area contributed by atoms with Gasteiger partial charge in [-0.1, -0.05) is 59.6 Å². The van der Waals surface area contributed by atoms with E-state index in [1.165, 1.54) is 11.8 Å². The van der Waals surface area contributed by atoms with Gasteiger partial charge in [0, 0.05) is 29.4 Å². The van der Waals surface area contributed by atoms with E-state index in [2.05, 4.69) is 5.32 Å². The van der Waals surface area contributed by atoms with E-state index in [9.17, 15) is 9.59 Å². The molecule has 1 N–H and O–H groups in total. The van der Waals surface area contributed by atoms with E-state index in [-0.39, 0.29) is 24.1 Å². The van der Waals surface area contributed by atoms with Gasteiger partial charge in [-0.25, -0.2) is 0 Å². The molecule has 1 atom stereocenters. The molecule has 0 saturated heterocycles. The highest BCUT2D eigenvalue weighted by Crippen LogP contribution is 2.24. The van der Waals surface area contributed by atoms with Gasteiger partial charge in [-0.3, -0.25) is 9.59 Å². The first-order valence-corrected chi connectivity index (χ1v) is 10.4. The normalized spacial score (nSPS) is 11.7. The van der Waals surface area contributed by atoms with Gasteiger partial charge in [0.05, 0.1) is 5.75 Å². The highest BCUT2D eigenvalue weighted by Gasteiger charge is 2.26. The number of rotatable bonds is 8. The third-order valence-corrected chi connectivity index (χ3v) is 5.68. The van der Waals surface area contributed by atoms with Gasteiger partial charge in [0.25, 0.3) is 0 Å². The number of hydrogen-bond donors (Lipinski definition) is 1. The fraction of sp³-hybridized carbons (Fsp3) is 0.300. The van der Waals surface area contributed by atoms with Crippen molar-refractivity contribution in [2.75, 3.05) is 12.8 Å². The summed E-state index contributed by atoms with van der Waals surface area (Å²) < 4.78 is 0. The van der Waals surface area contributed by atoms with Gasteiger partial charge in [-0.05, 0) is 30.2 Å². The van der Waals surface area contributed by atoms with Crippen molar-refractivity contribution < 1.29 is 9.59 Å². The van der Waals surface area contributed by atoms with Crippen molar-refractivity contribution in [2.24, 2.45) is 0 Å². The lowest BCUT2D eigenvalue weighted by Crippen LogP contribution is -2.47. The average Bonchev–Trinajstić information content (AvgIpc) is 2.67. The summed E-state index contributed by atoms with van der Waals surface area (Å²) in [5, 5.41) is 3.60. The second-order valence-corrected chi connectivity index (χ2v) is 7.86. The Hall–Kier alpha value is -1.69. The van der Waals surface area contributed by atoms with Crippen LogP contribution in [0, 0.1) is 0 Å². The van der Waals surface area contributed by atoms with Crippen molar-refractivity contribution >= 4 is 46.8 Å². The summed E-state index contributed by atoms with van der Waals surface area (Å²) >= 11 is 13.7. The Balaban J connectivity index is 2.08. The maximum atomic E-state index is 12.8. The number of halogens is 2. The molecule has 0 heterocycles.